The molecule has 0 bridgehead atoms. The normalized spacial score (nSPS) is 41.0. The number of carbonyl (C=O) groups excluding carboxylic acids is 1. The van der Waals surface area contributed by atoms with Crippen molar-refractivity contribution in [2.24, 2.45) is 5.92 Å². The SMILES string of the molecule is CCOC(=O)C1(CC)OC12CCCC(C)CC2. The molecule has 0 aromatic carbocycles. The molecule has 98 valence electrons. The van der Waals surface area contributed by atoms with Gasteiger partial charge in [-0.25, -0.2) is 4.79 Å². The molecule has 3 nitrogen and oxygen atoms in total. The molecular weight excluding hydrogens is 216 g/mol. The van der Waals surface area contributed by atoms with Gasteiger partial charge in [-0.2, -0.15) is 0 Å². The zero-order chi connectivity index (χ0) is 12.5. The maximum atomic E-state index is 12.1. The van der Waals surface area contributed by atoms with Crippen LogP contribution in [0.3, 0.4) is 0 Å². The third-order valence-corrected chi connectivity index (χ3v) is 4.49. The molecule has 3 unspecified atom stereocenters. The fourth-order valence-electron chi connectivity index (χ4n) is 3.31. The number of hydrogen-bond donors (Lipinski definition) is 0. The van der Waals surface area contributed by atoms with Crippen molar-refractivity contribution in [1.82, 2.24) is 0 Å². The Labute approximate surface area is 104 Å². The average Bonchev–Trinajstić information content (AvgIpc) is 3.00. The molecule has 0 aromatic heterocycles. The minimum atomic E-state index is -0.618. The first-order valence-electron chi connectivity index (χ1n) is 6.97. The van der Waals surface area contributed by atoms with Crippen molar-refractivity contribution < 1.29 is 14.3 Å². The van der Waals surface area contributed by atoms with Crippen molar-refractivity contribution in [2.45, 2.75) is 70.5 Å². The highest BCUT2D eigenvalue weighted by Gasteiger charge is 2.73. The maximum absolute atomic E-state index is 12.1. The number of esters is 1. The highest BCUT2D eigenvalue weighted by Crippen LogP contribution is 2.58. The van der Waals surface area contributed by atoms with Crippen molar-refractivity contribution in [2.75, 3.05) is 6.61 Å². The first-order chi connectivity index (χ1) is 8.10. The predicted molar refractivity (Wildman–Crippen MR) is 65.7 cm³/mol. The zero-order valence-electron chi connectivity index (χ0n) is 11.3. The zero-order valence-corrected chi connectivity index (χ0v) is 11.3. The molecule has 0 N–H and O–H groups in total. The van der Waals surface area contributed by atoms with E-state index < -0.39 is 5.60 Å². The van der Waals surface area contributed by atoms with Crippen molar-refractivity contribution in [3.05, 3.63) is 0 Å². The lowest BCUT2D eigenvalue weighted by atomic mass is 9.84. The molecule has 0 radical (unpaired) electrons. The Morgan fingerprint density at radius 1 is 1.35 bits per heavy atom. The van der Waals surface area contributed by atoms with Crippen LogP contribution in [-0.4, -0.2) is 23.8 Å². The number of carbonyl (C=O) groups is 1. The van der Waals surface area contributed by atoms with E-state index in [4.69, 9.17) is 9.47 Å². The van der Waals surface area contributed by atoms with Crippen molar-refractivity contribution in [3.8, 4) is 0 Å². The monoisotopic (exact) mass is 240 g/mol. The van der Waals surface area contributed by atoms with Crippen molar-refractivity contribution >= 4 is 5.97 Å². The second-order valence-corrected chi connectivity index (χ2v) is 5.53. The molecule has 1 saturated heterocycles. The lowest BCUT2D eigenvalue weighted by molar-refractivity contribution is -0.149. The maximum Gasteiger partial charge on any atom is 0.341 e. The van der Waals surface area contributed by atoms with Crippen LogP contribution in [0.4, 0.5) is 0 Å². The first kappa shape index (κ1) is 12.9. The lowest BCUT2D eigenvalue weighted by Gasteiger charge is -2.16. The largest absolute Gasteiger partial charge is 0.464 e. The van der Waals surface area contributed by atoms with Gasteiger partial charge in [0.15, 0.2) is 5.60 Å². The van der Waals surface area contributed by atoms with E-state index in [-0.39, 0.29) is 11.6 Å². The van der Waals surface area contributed by atoms with E-state index in [1.807, 2.05) is 13.8 Å². The van der Waals surface area contributed by atoms with Crippen LogP contribution >= 0.6 is 0 Å². The molecule has 2 aliphatic rings. The van der Waals surface area contributed by atoms with Gasteiger partial charge in [0.25, 0.3) is 0 Å². The third-order valence-electron chi connectivity index (χ3n) is 4.49. The number of epoxide rings is 1. The van der Waals surface area contributed by atoms with Crippen LogP contribution in [0.15, 0.2) is 0 Å². The highest BCUT2D eigenvalue weighted by molar-refractivity contribution is 5.84. The van der Waals surface area contributed by atoms with Gasteiger partial charge in [0.2, 0.25) is 0 Å². The van der Waals surface area contributed by atoms with E-state index in [2.05, 4.69) is 6.92 Å². The number of hydrogen-bond acceptors (Lipinski definition) is 3. The van der Waals surface area contributed by atoms with Crippen LogP contribution in [0.1, 0.15) is 59.3 Å². The topological polar surface area (TPSA) is 38.8 Å². The van der Waals surface area contributed by atoms with Crippen molar-refractivity contribution in [3.63, 3.8) is 0 Å². The Morgan fingerprint density at radius 3 is 2.76 bits per heavy atom. The summed E-state index contributed by atoms with van der Waals surface area (Å²) in [4.78, 5) is 12.1. The summed E-state index contributed by atoms with van der Waals surface area (Å²) in [5, 5.41) is 0. The van der Waals surface area contributed by atoms with Crippen LogP contribution in [0.5, 0.6) is 0 Å². The summed E-state index contributed by atoms with van der Waals surface area (Å²) in [6, 6.07) is 0. The Bertz CT molecular complexity index is 302. The van der Waals surface area contributed by atoms with Gasteiger partial charge < -0.3 is 9.47 Å². The summed E-state index contributed by atoms with van der Waals surface area (Å²) in [5.41, 5.74) is -0.814. The molecule has 1 spiro atoms. The van der Waals surface area contributed by atoms with Gasteiger partial charge in [-0.15, -0.1) is 0 Å². The molecule has 3 heteroatoms. The van der Waals surface area contributed by atoms with E-state index >= 15 is 0 Å². The number of ether oxygens (including phenoxy) is 2. The highest BCUT2D eigenvalue weighted by atomic mass is 16.7. The minimum absolute atomic E-state index is 0.142. The summed E-state index contributed by atoms with van der Waals surface area (Å²) in [7, 11) is 0. The summed E-state index contributed by atoms with van der Waals surface area (Å²) < 4.78 is 11.1. The van der Waals surface area contributed by atoms with E-state index in [1.54, 1.807) is 0 Å². The smallest absolute Gasteiger partial charge is 0.341 e. The average molecular weight is 240 g/mol. The standard InChI is InChI=1S/C14H24O3/c1-4-14(12(15)16-5-2)13(17-14)9-6-7-11(3)8-10-13/h11H,4-10H2,1-3H3. The van der Waals surface area contributed by atoms with Gasteiger partial charge in [-0.05, 0) is 38.5 Å². The predicted octanol–water partition coefficient (Wildman–Crippen LogP) is 3.07. The molecule has 0 amide bonds. The molecule has 17 heavy (non-hydrogen) atoms. The van der Waals surface area contributed by atoms with E-state index in [0.717, 1.165) is 25.2 Å². The van der Waals surface area contributed by atoms with Crippen LogP contribution in [0.2, 0.25) is 0 Å². The molecule has 1 saturated carbocycles. The second kappa shape index (κ2) is 4.60. The van der Waals surface area contributed by atoms with Crippen LogP contribution in [0.25, 0.3) is 0 Å². The van der Waals surface area contributed by atoms with Crippen LogP contribution in [-0.2, 0) is 14.3 Å². The summed E-state index contributed by atoms with van der Waals surface area (Å²) in [5.74, 6) is 0.618. The Kier molecular flexibility index (Phi) is 3.48. The third kappa shape index (κ3) is 1.99. The Morgan fingerprint density at radius 2 is 2.12 bits per heavy atom. The van der Waals surface area contributed by atoms with Gasteiger partial charge in [0, 0.05) is 0 Å². The molecule has 2 fully saturated rings. The first-order valence-corrected chi connectivity index (χ1v) is 6.97. The molecule has 1 aliphatic carbocycles. The summed E-state index contributed by atoms with van der Waals surface area (Å²) >= 11 is 0. The number of rotatable bonds is 3. The molecule has 2 rings (SSSR count). The van der Waals surface area contributed by atoms with E-state index in [1.165, 1.54) is 19.3 Å². The fourth-order valence-corrected chi connectivity index (χ4v) is 3.31. The van der Waals surface area contributed by atoms with Gasteiger partial charge in [0.05, 0.1) is 6.61 Å². The van der Waals surface area contributed by atoms with Gasteiger partial charge >= 0.3 is 5.97 Å². The van der Waals surface area contributed by atoms with Crippen LogP contribution < -0.4 is 0 Å². The quantitative estimate of drug-likeness (QED) is 0.562. The lowest BCUT2D eigenvalue weighted by Crippen LogP contribution is -2.35. The van der Waals surface area contributed by atoms with Crippen LogP contribution in [0, 0.1) is 5.92 Å². The van der Waals surface area contributed by atoms with E-state index in [0.29, 0.717) is 6.61 Å². The minimum Gasteiger partial charge on any atom is -0.464 e. The van der Waals surface area contributed by atoms with Gasteiger partial charge in [-0.3, -0.25) is 0 Å². The van der Waals surface area contributed by atoms with Crippen molar-refractivity contribution in [1.29, 1.82) is 0 Å². The Balaban J connectivity index is 2.10. The molecule has 1 aliphatic heterocycles. The summed E-state index contributed by atoms with van der Waals surface area (Å²) in [6.07, 6.45) is 6.36. The molecule has 3 atom stereocenters. The molecule has 1 heterocycles. The fraction of sp³-hybridized carbons (Fsp3) is 0.929. The van der Waals surface area contributed by atoms with Gasteiger partial charge in [0.1, 0.15) is 5.60 Å². The summed E-state index contributed by atoms with van der Waals surface area (Å²) in [6.45, 7) is 6.61. The van der Waals surface area contributed by atoms with Gasteiger partial charge in [-0.1, -0.05) is 26.7 Å². The molecule has 0 aromatic rings. The second-order valence-electron chi connectivity index (χ2n) is 5.53. The molecular formula is C14H24O3. The van der Waals surface area contributed by atoms with E-state index in [9.17, 15) is 4.79 Å². The Hall–Kier alpha value is -0.570.